The molecular formula is C14H19NO4S. The number of aryl methyl sites for hydroxylation is 1. The molecule has 1 aromatic carbocycles. The first-order valence-electron chi connectivity index (χ1n) is 6.27. The Labute approximate surface area is 119 Å². The number of amides is 1. The molecule has 1 saturated heterocycles. The summed E-state index contributed by atoms with van der Waals surface area (Å²) in [6.45, 7) is 7.05. The summed E-state index contributed by atoms with van der Waals surface area (Å²) in [5.41, 5.74) is 0.956. The van der Waals surface area contributed by atoms with Crippen molar-refractivity contribution < 1.29 is 17.8 Å². The number of benzene rings is 1. The average Bonchev–Trinajstić information content (AvgIpc) is 2.76. The number of hydrogen-bond donors (Lipinski definition) is 1. The Morgan fingerprint density at radius 1 is 1.35 bits per heavy atom. The van der Waals surface area contributed by atoms with E-state index in [-0.39, 0.29) is 10.8 Å². The zero-order valence-corrected chi connectivity index (χ0v) is 12.3. The van der Waals surface area contributed by atoms with E-state index in [1.54, 1.807) is 18.2 Å². The first-order chi connectivity index (χ1) is 9.34. The van der Waals surface area contributed by atoms with E-state index in [0.717, 1.165) is 31.5 Å². The quantitative estimate of drug-likeness (QED) is 0.684. The minimum Gasteiger partial charge on any atom is -0.339 e. The van der Waals surface area contributed by atoms with Gasteiger partial charge in [0.2, 0.25) is 5.91 Å². The molecule has 20 heavy (non-hydrogen) atoms. The van der Waals surface area contributed by atoms with Crippen LogP contribution < -0.4 is 0 Å². The topological polar surface area (TPSA) is 74.7 Å². The second kappa shape index (κ2) is 7.21. The van der Waals surface area contributed by atoms with E-state index in [2.05, 4.69) is 6.58 Å². The molecule has 0 aliphatic carbocycles. The second-order valence-electron chi connectivity index (χ2n) is 4.52. The summed E-state index contributed by atoms with van der Waals surface area (Å²) < 4.78 is 29.6. The van der Waals surface area contributed by atoms with Crippen LogP contribution in [0.25, 0.3) is 0 Å². The highest BCUT2D eigenvalue weighted by molar-refractivity contribution is 7.85. The van der Waals surface area contributed by atoms with E-state index < -0.39 is 10.1 Å². The minimum absolute atomic E-state index is 0.0666. The maximum atomic E-state index is 10.8. The largest absolute Gasteiger partial charge is 0.339 e. The van der Waals surface area contributed by atoms with Crippen molar-refractivity contribution in [2.24, 2.45) is 0 Å². The summed E-state index contributed by atoms with van der Waals surface area (Å²) in [5.74, 6) is 0.273. The van der Waals surface area contributed by atoms with Crippen LogP contribution >= 0.6 is 0 Å². The summed E-state index contributed by atoms with van der Waals surface area (Å²) >= 11 is 0. The van der Waals surface area contributed by atoms with E-state index in [4.69, 9.17) is 4.55 Å². The van der Waals surface area contributed by atoms with Gasteiger partial charge in [0.15, 0.2) is 0 Å². The highest BCUT2D eigenvalue weighted by atomic mass is 32.2. The fourth-order valence-electron chi connectivity index (χ4n) is 1.76. The van der Waals surface area contributed by atoms with Crippen molar-refractivity contribution in [2.45, 2.75) is 24.7 Å². The standard InChI is InChI=1S/C7H11NO.C7H8O3S/c1-2-5-8-6-3-4-7(8)9;1-6-2-4-7(5-3-6)11(8,9)10/h2H,1,3-6H2;2-5H,1H3,(H,8,9,10). The van der Waals surface area contributed by atoms with Gasteiger partial charge in [0, 0.05) is 19.5 Å². The lowest BCUT2D eigenvalue weighted by Gasteiger charge is -2.10. The van der Waals surface area contributed by atoms with Crippen molar-refractivity contribution in [3.63, 3.8) is 0 Å². The molecule has 1 heterocycles. The smallest absolute Gasteiger partial charge is 0.294 e. The van der Waals surface area contributed by atoms with E-state index >= 15 is 0 Å². The Kier molecular flexibility index (Phi) is 5.91. The molecule has 2 rings (SSSR count). The van der Waals surface area contributed by atoms with Crippen molar-refractivity contribution in [1.82, 2.24) is 4.90 Å². The average molecular weight is 297 g/mol. The minimum atomic E-state index is -4.02. The van der Waals surface area contributed by atoms with Crippen LogP contribution in [0.2, 0.25) is 0 Å². The normalized spacial score (nSPS) is 14.7. The van der Waals surface area contributed by atoms with Crippen LogP contribution in [0, 0.1) is 6.92 Å². The molecule has 1 amide bonds. The Morgan fingerprint density at radius 2 is 1.95 bits per heavy atom. The molecule has 1 N–H and O–H groups in total. The molecule has 0 bridgehead atoms. The van der Waals surface area contributed by atoms with Crippen molar-refractivity contribution in [3.8, 4) is 0 Å². The zero-order valence-electron chi connectivity index (χ0n) is 11.4. The number of likely N-dealkylation sites (tertiary alicyclic amines) is 1. The maximum absolute atomic E-state index is 10.8. The van der Waals surface area contributed by atoms with Gasteiger partial charge in [-0.1, -0.05) is 23.8 Å². The Bertz CT molecular complexity index is 563. The first kappa shape index (κ1) is 16.4. The van der Waals surface area contributed by atoms with Crippen molar-refractivity contribution in [3.05, 3.63) is 42.5 Å². The molecule has 110 valence electrons. The van der Waals surface area contributed by atoms with Gasteiger partial charge in [0.05, 0.1) is 4.90 Å². The first-order valence-corrected chi connectivity index (χ1v) is 7.71. The van der Waals surface area contributed by atoms with Crippen LogP contribution in [0.15, 0.2) is 41.8 Å². The molecule has 0 radical (unpaired) electrons. The lowest BCUT2D eigenvalue weighted by Crippen LogP contribution is -2.24. The monoisotopic (exact) mass is 297 g/mol. The van der Waals surface area contributed by atoms with Crippen LogP contribution in [0.4, 0.5) is 0 Å². The third-order valence-corrected chi connectivity index (χ3v) is 3.71. The fourth-order valence-corrected chi connectivity index (χ4v) is 2.24. The second-order valence-corrected chi connectivity index (χ2v) is 5.94. The van der Waals surface area contributed by atoms with Gasteiger partial charge in [0.1, 0.15) is 0 Å². The van der Waals surface area contributed by atoms with E-state index in [1.165, 1.54) is 12.1 Å². The van der Waals surface area contributed by atoms with Gasteiger partial charge < -0.3 is 4.90 Å². The molecule has 0 unspecified atom stereocenters. The number of carbonyl (C=O) groups excluding carboxylic acids is 1. The molecule has 1 aliphatic heterocycles. The predicted octanol–water partition coefficient (Wildman–Crippen LogP) is 2.04. The van der Waals surface area contributed by atoms with Crippen LogP contribution in [-0.2, 0) is 14.9 Å². The molecule has 6 heteroatoms. The molecule has 0 aromatic heterocycles. The Balaban J connectivity index is 0.000000204. The summed E-state index contributed by atoms with van der Waals surface area (Å²) in [5, 5.41) is 0. The van der Waals surface area contributed by atoms with E-state index in [1.807, 2.05) is 11.8 Å². The number of hydrogen-bond acceptors (Lipinski definition) is 3. The molecule has 0 spiro atoms. The van der Waals surface area contributed by atoms with Gasteiger partial charge in [-0.05, 0) is 25.5 Å². The molecule has 1 aromatic rings. The molecule has 1 aliphatic rings. The summed E-state index contributed by atoms with van der Waals surface area (Å²) in [7, 11) is -4.02. The van der Waals surface area contributed by atoms with Crippen LogP contribution in [-0.4, -0.2) is 36.9 Å². The Morgan fingerprint density at radius 3 is 2.35 bits per heavy atom. The highest BCUT2D eigenvalue weighted by Gasteiger charge is 2.17. The molecular weight excluding hydrogens is 278 g/mol. The summed E-state index contributed by atoms with van der Waals surface area (Å²) in [6, 6.07) is 5.99. The Hall–Kier alpha value is -1.66. The lowest BCUT2D eigenvalue weighted by atomic mass is 10.2. The third-order valence-electron chi connectivity index (χ3n) is 2.84. The van der Waals surface area contributed by atoms with Gasteiger partial charge in [0.25, 0.3) is 10.1 Å². The van der Waals surface area contributed by atoms with Crippen LogP contribution in [0.3, 0.4) is 0 Å². The summed E-state index contributed by atoms with van der Waals surface area (Å²) in [4.78, 5) is 12.6. The lowest BCUT2D eigenvalue weighted by molar-refractivity contribution is -0.127. The molecule has 1 fully saturated rings. The molecule has 0 atom stereocenters. The number of nitrogens with zero attached hydrogens (tertiary/aromatic N) is 1. The number of rotatable bonds is 3. The van der Waals surface area contributed by atoms with Gasteiger partial charge >= 0.3 is 0 Å². The van der Waals surface area contributed by atoms with E-state index in [9.17, 15) is 13.2 Å². The molecule has 5 nitrogen and oxygen atoms in total. The van der Waals surface area contributed by atoms with Crippen LogP contribution in [0.1, 0.15) is 18.4 Å². The maximum Gasteiger partial charge on any atom is 0.294 e. The number of carbonyl (C=O) groups is 1. The van der Waals surface area contributed by atoms with Crippen molar-refractivity contribution >= 4 is 16.0 Å². The third kappa shape index (κ3) is 5.14. The zero-order chi connectivity index (χ0) is 15.2. The highest BCUT2D eigenvalue weighted by Crippen LogP contribution is 2.09. The summed E-state index contributed by atoms with van der Waals surface area (Å²) in [6.07, 6.45) is 3.52. The van der Waals surface area contributed by atoms with Gasteiger partial charge in [-0.3, -0.25) is 9.35 Å². The van der Waals surface area contributed by atoms with Gasteiger partial charge in [-0.15, -0.1) is 6.58 Å². The predicted molar refractivity (Wildman–Crippen MR) is 77.0 cm³/mol. The van der Waals surface area contributed by atoms with Crippen molar-refractivity contribution in [1.29, 1.82) is 0 Å². The van der Waals surface area contributed by atoms with Gasteiger partial charge in [-0.25, -0.2) is 0 Å². The SMILES string of the molecule is C=CCN1CCCC1=O.Cc1ccc(S(=O)(=O)O)cc1. The van der Waals surface area contributed by atoms with Crippen molar-refractivity contribution in [2.75, 3.05) is 13.1 Å². The van der Waals surface area contributed by atoms with E-state index in [0.29, 0.717) is 0 Å². The van der Waals surface area contributed by atoms with Gasteiger partial charge in [-0.2, -0.15) is 8.42 Å². The van der Waals surface area contributed by atoms with Crippen LogP contribution in [0.5, 0.6) is 0 Å². The molecule has 0 saturated carbocycles. The fraction of sp³-hybridized carbons (Fsp3) is 0.357.